The Morgan fingerprint density at radius 1 is 0.739 bits per heavy atom. The second-order valence-corrected chi connectivity index (χ2v) is 5.15. The van der Waals surface area contributed by atoms with Gasteiger partial charge in [-0.25, -0.2) is 5.48 Å². The van der Waals surface area contributed by atoms with E-state index in [1.807, 2.05) is 60.7 Å². The predicted octanol–water partition coefficient (Wildman–Crippen LogP) is 4.22. The normalized spacial score (nSPS) is 10.3. The maximum Gasteiger partial charge on any atom is 0.274 e. The van der Waals surface area contributed by atoms with Crippen LogP contribution in [0.1, 0.15) is 15.9 Å². The minimum absolute atomic E-state index is 0.244. The molecule has 0 aromatic heterocycles. The first kappa shape index (κ1) is 15.0. The Labute approximate surface area is 135 Å². The molecule has 3 rings (SSSR count). The summed E-state index contributed by atoms with van der Waals surface area (Å²) in [5.41, 5.74) is 6.36. The molecule has 0 heterocycles. The van der Waals surface area contributed by atoms with Crippen molar-refractivity contribution in [2.45, 2.75) is 6.61 Å². The van der Waals surface area contributed by atoms with Gasteiger partial charge in [0.2, 0.25) is 0 Å². The molecule has 3 aromatic carbocycles. The summed E-state index contributed by atoms with van der Waals surface area (Å²) >= 11 is 0. The number of carbonyl (C=O) groups excluding carboxylic acids is 1. The Balaban J connectivity index is 1.54. The highest BCUT2D eigenvalue weighted by molar-refractivity contribution is 5.93. The van der Waals surface area contributed by atoms with Gasteiger partial charge in [-0.05, 0) is 28.8 Å². The lowest BCUT2D eigenvalue weighted by Crippen LogP contribution is -2.23. The van der Waals surface area contributed by atoms with E-state index in [1.165, 1.54) is 5.56 Å². The molecule has 3 heteroatoms. The Morgan fingerprint density at radius 3 is 1.96 bits per heavy atom. The summed E-state index contributed by atoms with van der Waals surface area (Å²) in [6.45, 7) is 0.327. The van der Waals surface area contributed by atoms with E-state index < -0.39 is 0 Å². The van der Waals surface area contributed by atoms with Crippen molar-refractivity contribution < 1.29 is 9.63 Å². The van der Waals surface area contributed by atoms with Gasteiger partial charge in [-0.1, -0.05) is 72.8 Å². The van der Waals surface area contributed by atoms with Gasteiger partial charge in [0.15, 0.2) is 0 Å². The van der Waals surface area contributed by atoms with Crippen LogP contribution in [-0.2, 0) is 11.4 Å². The molecule has 3 aromatic rings. The number of hydrogen-bond acceptors (Lipinski definition) is 2. The molecule has 0 fully saturated rings. The highest BCUT2D eigenvalue weighted by atomic mass is 16.6. The number of amides is 1. The number of hydroxylamine groups is 1. The molecule has 0 spiro atoms. The SMILES string of the molecule is O=C(NOCc1ccc(-c2ccccc2)cc1)c1ccccc1. The van der Waals surface area contributed by atoms with Crippen molar-refractivity contribution in [1.82, 2.24) is 5.48 Å². The Kier molecular flexibility index (Phi) is 4.82. The van der Waals surface area contributed by atoms with Crippen LogP contribution in [0.3, 0.4) is 0 Å². The van der Waals surface area contributed by atoms with E-state index in [-0.39, 0.29) is 5.91 Å². The van der Waals surface area contributed by atoms with Gasteiger partial charge in [0.1, 0.15) is 0 Å². The summed E-state index contributed by atoms with van der Waals surface area (Å²) in [6.07, 6.45) is 0. The van der Waals surface area contributed by atoms with Gasteiger partial charge in [0.25, 0.3) is 5.91 Å². The first-order chi connectivity index (χ1) is 11.3. The summed E-state index contributed by atoms with van der Waals surface area (Å²) in [4.78, 5) is 17.1. The monoisotopic (exact) mass is 303 g/mol. The molecule has 0 aliphatic rings. The van der Waals surface area contributed by atoms with E-state index in [0.717, 1.165) is 11.1 Å². The van der Waals surface area contributed by atoms with Crippen LogP contribution in [0.25, 0.3) is 11.1 Å². The molecule has 0 unspecified atom stereocenters. The molecule has 3 nitrogen and oxygen atoms in total. The first-order valence-electron chi connectivity index (χ1n) is 7.44. The van der Waals surface area contributed by atoms with Crippen LogP contribution in [0.2, 0.25) is 0 Å². The van der Waals surface area contributed by atoms with E-state index in [1.54, 1.807) is 12.1 Å². The Morgan fingerprint density at radius 2 is 1.30 bits per heavy atom. The lowest BCUT2D eigenvalue weighted by molar-refractivity contribution is 0.0233. The highest BCUT2D eigenvalue weighted by Gasteiger charge is 2.04. The standard InChI is InChI=1S/C20H17NO2/c22-20(19-9-5-2-6-10-19)21-23-15-16-11-13-18(14-12-16)17-7-3-1-4-8-17/h1-14H,15H2,(H,21,22). The molecule has 23 heavy (non-hydrogen) atoms. The molecule has 0 bridgehead atoms. The maximum atomic E-state index is 11.8. The summed E-state index contributed by atoms with van der Waals surface area (Å²) < 4.78 is 0. The molecule has 114 valence electrons. The van der Waals surface area contributed by atoms with Crippen LogP contribution >= 0.6 is 0 Å². The van der Waals surface area contributed by atoms with Crippen molar-refractivity contribution in [3.05, 3.63) is 96.1 Å². The molecule has 0 aliphatic carbocycles. The fraction of sp³-hybridized carbons (Fsp3) is 0.0500. The van der Waals surface area contributed by atoms with Gasteiger partial charge in [-0.3, -0.25) is 9.63 Å². The third-order valence-electron chi connectivity index (χ3n) is 3.50. The average Bonchev–Trinajstić information content (AvgIpc) is 2.64. The quantitative estimate of drug-likeness (QED) is 0.717. The van der Waals surface area contributed by atoms with Crippen molar-refractivity contribution >= 4 is 5.91 Å². The van der Waals surface area contributed by atoms with Gasteiger partial charge in [0.05, 0.1) is 6.61 Å². The maximum absolute atomic E-state index is 11.8. The van der Waals surface area contributed by atoms with Crippen molar-refractivity contribution in [2.75, 3.05) is 0 Å². The van der Waals surface area contributed by atoms with Crippen molar-refractivity contribution in [3.8, 4) is 11.1 Å². The largest absolute Gasteiger partial charge is 0.274 e. The Hall–Kier alpha value is -2.91. The van der Waals surface area contributed by atoms with Crippen LogP contribution in [0.5, 0.6) is 0 Å². The summed E-state index contributed by atoms with van der Waals surface area (Å²) in [6, 6.07) is 27.3. The summed E-state index contributed by atoms with van der Waals surface area (Å²) in [5, 5.41) is 0. The van der Waals surface area contributed by atoms with Gasteiger partial charge in [-0.15, -0.1) is 0 Å². The highest BCUT2D eigenvalue weighted by Crippen LogP contribution is 2.19. The van der Waals surface area contributed by atoms with Gasteiger partial charge >= 0.3 is 0 Å². The minimum Gasteiger partial charge on any atom is -0.269 e. The van der Waals surface area contributed by atoms with Crippen LogP contribution < -0.4 is 5.48 Å². The topological polar surface area (TPSA) is 38.3 Å². The van der Waals surface area contributed by atoms with Gasteiger partial charge in [-0.2, -0.15) is 0 Å². The number of hydrogen-bond donors (Lipinski definition) is 1. The third-order valence-corrected chi connectivity index (χ3v) is 3.50. The second-order valence-electron chi connectivity index (χ2n) is 5.15. The van der Waals surface area contributed by atoms with Crippen LogP contribution in [0.4, 0.5) is 0 Å². The number of carbonyl (C=O) groups is 1. The average molecular weight is 303 g/mol. The second kappa shape index (κ2) is 7.38. The Bertz CT molecular complexity index is 753. The molecule has 0 saturated carbocycles. The van der Waals surface area contributed by atoms with Gasteiger partial charge < -0.3 is 0 Å². The smallest absolute Gasteiger partial charge is 0.269 e. The molecular formula is C20H17NO2. The number of rotatable bonds is 5. The molecule has 1 amide bonds. The van der Waals surface area contributed by atoms with E-state index >= 15 is 0 Å². The molecular weight excluding hydrogens is 286 g/mol. The zero-order valence-corrected chi connectivity index (χ0v) is 12.6. The van der Waals surface area contributed by atoms with Gasteiger partial charge in [0, 0.05) is 5.56 Å². The molecule has 0 radical (unpaired) electrons. The first-order valence-corrected chi connectivity index (χ1v) is 7.44. The van der Waals surface area contributed by atoms with E-state index in [4.69, 9.17) is 4.84 Å². The molecule has 0 aliphatic heterocycles. The van der Waals surface area contributed by atoms with Crippen LogP contribution in [-0.4, -0.2) is 5.91 Å². The van der Waals surface area contributed by atoms with Crippen molar-refractivity contribution in [2.24, 2.45) is 0 Å². The number of nitrogens with one attached hydrogen (secondary N) is 1. The summed E-state index contributed by atoms with van der Waals surface area (Å²) in [7, 11) is 0. The van der Waals surface area contributed by atoms with Crippen molar-refractivity contribution in [1.29, 1.82) is 0 Å². The minimum atomic E-state index is -0.244. The molecule has 1 N–H and O–H groups in total. The van der Waals surface area contributed by atoms with E-state index in [0.29, 0.717) is 12.2 Å². The zero-order valence-electron chi connectivity index (χ0n) is 12.6. The van der Waals surface area contributed by atoms with Crippen LogP contribution in [0, 0.1) is 0 Å². The van der Waals surface area contributed by atoms with E-state index in [9.17, 15) is 4.79 Å². The lowest BCUT2D eigenvalue weighted by atomic mass is 10.0. The third kappa shape index (κ3) is 4.05. The van der Waals surface area contributed by atoms with Crippen LogP contribution in [0.15, 0.2) is 84.9 Å². The number of benzene rings is 3. The van der Waals surface area contributed by atoms with Crippen molar-refractivity contribution in [3.63, 3.8) is 0 Å². The lowest BCUT2D eigenvalue weighted by Gasteiger charge is -2.07. The summed E-state index contributed by atoms with van der Waals surface area (Å²) in [5.74, 6) is -0.244. The zero-order chi connectivity index (χ0) is 15.9. The molecule has 0 saturated heterocycles. The van der Waals surface area contributed by atoms with E-state index in [2.05, 4.69) is 17.6 Å². The predicted molar refractivity (Wildman–Crippen MR) is 90.6 cm³/mol. The fourth-order valence-corrected chi connectivity index (χ4v) is 2.26. The molecule has 0 atom stereocenters. The fourth-order valence-electron chi connectivity index (χ4n) is 2.26.